The van der Waals surface area contributed by atoms with E-state index in [0.29, 0.717) is 13.1 Å². The van der Waals surface area contributed by atoms with Crippen molar-refractivity contribution in [3.63, 3.8) is 0 Å². The van der Waals surface area contributed by atoms with Gasteiger partial charge in [0, 0.05) is 57.2 Å². The molecule has 2 heterocycles. The number of carbonyl (C=O) groups is 1. The van der Waals surface area contributed by atoms with Gasteiger partial charge in [0.25, 0.3) is 0 Å². The van der Waals surface area contributed by atoms with Crippen LogP contribution in [0.15, 0.2) is 60.9 Å². The number of nitrogens with zero attached hydrogens (tertiary/aromatic N) is 4. The Kier molecular flexibility index (Phi) is 7.55. The molecule has 34 heavy (non-hydrogen) atoms. The molecule has 6 nitrogen and oxygen atoms in total. The number of hydrogen-bond donors (Lipinski definition) is 1. The van der Waals surface area contributed by atoms with Crippen molar-refractivity contribution < 1.29 is 18.0 Å². The average Bonchev–Trinajstić information content (AvgIpc) is 3.28. The SMILES string of the molecule is O=C(CN1CCN(CCn2ccnc2-c2ccccc2)CC1)Nc1cc(C(F)(F)F)ccc1Cl. The number of imidazole rings is 1. The first kappa shape index (κ1) is 24.3. The van der Waals surface area contributed by atoms with Crippen LogP contribution in [0.3, 0.4) is 0 Å². The largest absolute Gasteiger partial charge is 0.416 e. The molecule has 0 saturated carbocycles. The molecule has 0 radical (unpaired) electrons. The molecule has 1 N–H and O–H groups in total. The van der Waals surface area contributed by atoms with Crippen LogP contribution in [0.1, 0.15) is 5.56 Å². The van der Waals surface area contributed by atoms with E-state index in [1.807, 2.05) is 41.4 Å². The maximum atomic E-state index is 12.9. The van der Waals surface area contributed by atoms with Crippen LogP contribution in [0, 0.1) is 0 Å². The predicted molar refractivity (Wildman–Crippen MR) is 126 cm³/mol. The van der Waals surface area contributed by atoms with E-state index in [1.54, 1.807) is 6.20 Å². The van der Waals surface area contributed by atoms with Gasteiger partial charge in [-0.15, -0.1) is 0 Å². The number of halogens is 4. The zero-order valence-electron chi connectivity index (χ0n) is 18.4. The molecule has 0 unspecified atom stereocenters. The van der Waals surface area contributed by atoms with E-state index < -0.39 is 11.7 Å². The summed E-state index contributed by atoms with van der Waals surface area (Å²) in [7, 11) is 0. The van der Waals surface area contributed by atoms with Crippen LogP contribution in [0.4, 0.5) is 18.9 Å². The topological polar surface area (TPSA) is 53.4 Å². The third kappa shape index (κ3) is 6.16. The smallest absolute Gasteiger partial charge is 0.330 e. The van der Waals surface area contributed by atoms with E-state index >= 15 is 0 Å². The van der Waals surface area contributed by atoms with Crippen molar-refractivity contribution in [3.05, 3.63) is 71.5 Å². The number of aromatic nitrogens is 2. The Morgan fingerprint density at radius 2 is 1.71 bits per heavy atom. The van der Waals surface area contributed by atoms with Crippen molar-refractivity contribution in [3.8, 4) is 11.4 Å². The summed E-state index contributed by atoms with van der Waals surface area (Å²) in [5.41, 5.74) is 0.188. The molecule has 2 aromatic carbocycles. The number of rotatable bonds is 7. The Hall–Kier alpha value is -2.88. The van der Waals surface area contributed by atoms with Crippen molar-refractivity contribution in [1.29, 1.82) is 0 Å². The number of amides is 1. The van der Waals surface area contributed by atoms with Crippen LogP contribution < -0.4 is 5.32 Å². The zero-order valence-corrected chi connectivity index (χ0v) is 19.2. The fraction of sp³-hybridized carbons (Fsp3) is 0.333. The molecule has 180 valence electrons. The maximum absolute atomic E-state index is 12.9. The van der Waals surface area contributed by atoms with Gasteiger partial charge in [-0.25, -0.2) is 4.98 Å². The number of nitrogens with one attached hydrogen (secondary N) is 1. The molecule has 1 aromatic heterocycles. The lowest BCUT2D eigenvalue weighted by atomic mass is 10.2. The Bertz CT molecular complexity index is 1110. The highest BCUT2D eigenvalue weighted by Gasteiger charge is 2.31. The van der Waals surface area contributed by atoms with Gasteiger partial charge < -0.3 is 9.88 Å². The zero-order chi connectivity index (χ0) is 24.1. The van der Waals surface area contributed by atoms with Crippen LogP contribution in [0.5, 0.6) is 0 Å². The summed E-state index contributed by atoms with van der Waals surface area (Å²) in [6.07, 6.45) is -0.726. The standard InChI is InChI=1S/C24H25ClF3N5O/c25-20-7-6-19(24(26,27)28)16-21(20)30-22(34)17-32-12-10-31(11-13-32)14-15-33-9-8-29-23(33)18-4-2-1-3-5-18/h1-9,16H,10-15,17H2,(H,30,34). The fourth-order valence-corrected chi connectivity index (χ4v) is 4.11. The minimum atomic E-state index is -4.50. The van der Waals surface area contributed by atoms with Gasteiger partial charge in [0.1, 0.15) is 5.82 Å². The molecule has 1 aliphatic heterocycles. The van der Waals surface area contributed by atoms with Crippen molar-refractivity contribution in [1.82, 2.24) is 19.4 Å². The molecular formula is C24H25ClF3N5O. The van der Waals surface area contributed by atoms with Crippen molar-refractivity contribution in [2.24, 2.45) is 0 Å². The van der Waals surface area contributed by atoms with E-state index in [9.17, 15) is 18.0 Å². The highest BCUT2D eigenvalue weighted by molar-refractivity contribution is 6.33. The Balaban J connectivity index is 1.24. The number of piperazine rings is 1. The summed E-state index contributed by atoms with van der Waals surface area (Å²) in [4.78, 5) is 21.2. The van der Waals surface area contributed by atoms with Crippen molar-refractivity contribution >= 4 is 23.2 Å². The van der Waals surface area contributed by atoms with Crippen LogP contribution >= 0.6 is 11.6 Å². The van der Waals surface area contributed by atoms with E-state index in [0.717, 1.165) is 55.8 Å². The highest BCUT2D eigenvalue weighted by Crippen LogP contribution is 2.33. The van der Waals surface area contributed by atoms with E-state index in [1.165, 1.54) is 0 Å². The summed E-state index contributed by atoms with van der Waals surface area (Å²) >= 11 is 5.97. The number of anilines is 1. The average molecular weight is 492 g/mol. The van der Waals surface area contributed by atoms with Crippen molar-refractivity contribution in [2.45, 2.75) is 12.7 Å². The third-order valence-electron chi connectivity index (χ3n) is 5.80. The van der Waals surface area contributed by atoms with Gasteiger partial charge in [0.2, 0.25) is 5.91 Å². The Morgan fingerprint density at radius 3 is 2.41 bits per heavy atom. The second kappa shape index (κ2) is 10.6. The van der Waals surface area contributed by atoms with Gasteiger partial charge in [-0.2, -0.15) is 13.2 Å². The van der Waals surface area contributed by atoms with Gasteiger partial charge in [-0.05, 0) is 18.2 Å². The molecule has 0 atom stereocenters. The maximum Gasteiger partial charge on any atom is 0.416 e. The molecule has 1 fully saturated rings. The molecule has 1 saturated heterocycles. The molecule has 1 amide bonds. The third-order valence-corrected chi connectivity index (χ3v) is 6.13. The summed E-state index contributed by atoms with van der Waals surface area (Å²) in [6, 6.07) is 12.9. The summed E-state index contributed by atoms with van der Waals surface area (Å²) in [5.74, 6) is 0.546. The van der Waals surface area contributed by atoms with E-state index in [-0.39, 0.29) is 23.2 Å². The van der Waals surface area contributed by atoms with Gasteiger partial charge in [0.15, 0.2) is 0 Å². The van der Waals surface area contributed by atoms with Gasteiger partial charge in [-0.3, -0.25) is 14.6 Å². The second-order valence-electron chi connectivity index (χ2n) is 8.17. The van der Waals surface area contributed by atoms with E-state index in [4.69, 9.17) is 11.6 Å². The Labute approximate surface area is 200 Å². The fourth-order valence-electron chi connectivity index (χ4n) is 3.95. The quantitative estimate of drug-likeness (QED) is 0.529. The lowest BCUT2D eigenvalue weighted by molar-refractivity contribution is -0.137. The normalized spacial score (nSPS) is 15.4. The van der Waals surface area contributed by atoms with Gasteiger partial charge in [0.05, 0.1) is 22.8 Å². The minimum Gasteiger partial charge on any atom is -0.330 e. The molecule has 0 bridgehead atoms. The molecule has 3 aromatic rings. The second-order valence-corrected chi connectivity index (χ2v) is 8.58. The predicted octanol–water partition coefficient (Wildman–Crippen LogP) is 4.48. The lowest BCUT2D eigenvalue weighted by Gasteiger charge is -2.34. The summed E-state index contributed by atoms with van der Waals surface area (Å²) < 4.78 is 40.9. The van der Waals surface area contributed by atoms with Crippen LogP contribution in [-0.4, -0.2) is 64.5 Å². The highest BCUT2D eigenvalue weighted by atomic mass is 35.5. The number of alkyl halides is 3. The first-order chi connectivity index (χ1) is 16.3. The van der Waals surface area contributed by atoms with Crippen LogP contribution in [0.25, 0.3) is 11.4 Å². The number of carbonyl (C=O) groups excluding carboxylic acids is 1. The first-order valence-corrected chi connectivity index (χ1v) is 11.4. The van der Waals surface area contributed by atoms with Crippen LogP contribution in [0.2, 0.25) is 5.02 Å². The molecule has 0 aliphatic carbocycles. The molecule has 10 heteroatoms. The number of benzene rings is 2. The van der Waals surface area contributed by atoms with Gasteiger partial charge >= 0.3 is 6.18 Å². The van der Waals surface area contributed by atoms with E-state index in [2.05, 4.69) is 19.8 Å². The molecule has 0 spiro atoms. The van der Waals surface area contributed by atoms with Crippen molar-refractivity contribution in [2.75, 3.05) is 44.6 Å². The number of hydrogen-bond acceptors (Lipinski definition) is 4. The van der Waals surface area contributed by atoms with Crippen LogP contribution in [-0.2, 0) is 17.5 Å². The minimum absolute atomic E-state index is 0.0327. The monoisotopic (exact) mass is 491 g/mol. The van der Waals surface area contributed by atoms with Gasteiger partial charge in [-0.1, -0.05) is 41.9 Å². The lowest BCUT2D eigenvalue weighted by Crippen LogP contribution is -2.49. The molecule has 4 rings (SSSR count). The Morgan fingerprint density at radius 1 is 1.00 bits per heavy atom. The summed E-state index contributed by atoms with van der Waals surface area (Å²) in [5, 5.41) is 2.58. The molecular weight excluding hydrogens is 467 g/mol. The summed E-state index contributed by atoms with van der Waals surface area (Å²) in [6.45, 7) is 4.74. The first-order valence-electron chi connectivity index (χ1n) is 11.0. The molecule has 1 aliphatic rings.